The highest BCUT2D eigenvalue weighted by Crippen LogP contribution is 2.26. The highest BCUT2D eigenvalue weighted by atomic mass is 79.9. The quantitative estimate of drug-likeness (QED) is 0.260. The number of nitrogen functional groups attached to an aromatic ring is 1. The number of ether oxygens (including phenoxy) is 3. The Kier molecular flexibility index (Phi) is 12.6. The summed E-state index contributed by atoms with van der Waals surface area (Å²) in [4.78, 5) is 53.6. The molecule has 0 amide bonds. The fraction of sp³-hybridized carbons (Fsp3) is 0.375. The van der Waals surface area contributed by atoms with Crippen LogP contribution in [0.2, 0.25) is 0 Å². The maximum Gasteiger partial charge on any atom is 0.225 e. The lowest BCUT2D eigenvalue weighted by Crippen LogP contribution is -2.37. The maximum atomic E-state index is 12.3. The van der Waals surface area contributed by atoms with Crippen molar-refractivity contribution in [3.63, 3.8) is 0 Å². The zero-order valence-electron chi connectivity index (χ0n) is 32.0. The van der Waals surface area contributed by atoms with Gasteiger partial charge in [-0.2, -0.15) is 0 Å². The van der Waals surface area contributed by atoms with Crippen molar-refractivity contribution >= 4 is 51.0 Å². The molecule has 0 radical (unpaired) electrons. The molecule has 3 aliphatic heterocycles. The normalized spacial score (nSPS) is 16.8. The van der Waals surface area contributed by atoms with Gasteiger partial charge >= 0.3 is 0 Å². The second-order valence-electron chi connectivity index (χ2n) is 13.8. The topological polar surface area (TPSA) is 188 Å². The molecule has 0 aromatic carbocycles. The number of hydrogen-bond acceptors (Lipinski definition) is 16. The van der Waals surface area contributed by atoms with Gasteiger partial charge in [-0.25, -0.2) is 39.9 Å². The molecule has 18 heteroatoms. The third kappa shape index (κ3) is 9.53. The predicted molar refractivity (Wildman–Crippen MR) is 222 cm³/mol. The number of Topliss-reactive ketones (excluding diaryl/α,β-unsaturated/α-hetero) is 1. The van der Waals surface area contributed by atoms with Crippen LogP contribution in [0.25, 0.3) is 27.9 Å². The number of morpholine rings is 3. The Labute approximate surface area is 343 Å². The van der Waals surface area contributed by atoms with Crippen molar-refractivity contribution in [1.82, 2.24) is 44.3 Å². The van der Waals surface area contributed by atoms with Crippen molar-refractivity contribution < 1.29 is 19.0 Å². The highest BCUT2D eigenvalue weighted by molar-refractivity contribution is 9.10. The van der Waals surface area contributed by atoms with Crippen LogP contribution in [-0.4, -0.2) is 129 Å². The molecular formula is C40H44BrN13O4. The average molecular weight is 851 g/mol. The van der Waals surface area contributed by atoms with Crippen LogP contribution in [0.15, 0.2) is 78.3 Å². The minimum atomic E-state index is 0.176. The van der Waals surface area contributed by atoms with Crippen LogP contribution in [-0.2, 0) is 20.6 Å². The van der Waals surface area contributed by atoms with Crippen LogP contribution in [0.1, 0.15) is 29.0 Å². The van der Waals surface area contributed by atoms with E-state index in [1.54, 1.807) is 24.7 Å². The highest BCUT2D eigenvalue weighted by Gasteiger charge is 2.23. The molecule has 4 aliphatic rings. The predicted octanol–water partition coefficient (Wildman–Crippen LogP) is 4.18. The molecule has 6 aromatic heterocycles. The number of ketones is 1. The van der Waals surface area contributed by atoms with E-state index in [4.69, 9.17) is 19.9 Å². The third-order valence-electron chi connectivity index (χ3n) is 9.99. The van der Waals surface area contributed by atoms with Gasteiger partial charge in [-0.3, -0.25) is 9.20 Å². The van der Waals surface area contributed by atoms with E-state index in [1.807, 2.05) is 53.6 Å². The molecular weight excluding hydrogens is 806 g/mol. The molecule has 58 heavy (non-hydrogen) atoms. The summed E-state index contributed by atoms with van der Waals surface area (Å²) >= 11 is 3.30. The molecule has 300 valence electrons. The number of pyridine rings is 2. The number of imidazole rings is 1. The molecule has 0 atom stereocenters. The van der Waals surface area contributed by atoms with Crippen molar-refractivity contribution in [2.75, 3.05) is 99.3 Å². The molecule has 9 heterocycles. The molecule has 1 aliphatic carbocycles. The molecule has 3 fully saturated rings. The molecule has 2 N–H and O–H groups in total. The Morgan fingerprint density at radius 3 is 1.52 bits per heavy atom. The third-order valence-corrected chi connectivity index (χ3v) is 10.4. The van der Waals surface area contributed by atoms with Gasteiger partial charge in [0.15, 0.2) is 5.78 Å². The van der Waals surface area contributed by atoms with Gasteiger partial charge in [-0.05, 0) is 53.0 Å². The molecule has 17 nitrogen and oxygen atoms in total. The van der Waals surface area contributed by atoms with Crippen molar-refractivity contribution in [2.45, 2.75) is 19.3 Å². The summed E-state index contributed by atoms with van der Waals surface area (Å²) in [6.07, 6.45) is 16.9. The number of halogens is 1. The first-order chi connectivity index (χ1) is 28.5. The summed E-state index contributed by atoms with van der Waals surface area (Å²) in [5.41, 5.74) is 11.8. The Balaban J connectivity index is 0.000000129. The first kappa shape index (κ1) is 39.2. The molecule has 0 bridgehead atoms. The Morgan fingerprint density at radius 2 is 1.02 bits per heavy atom. The van der Waals surface area contributed by atoms with Gasteiger partial charge < -0.3 is 34.6 Å². The Morgan fingerprint density at radius 1 is 0.552 bits per heavy atom. The van der Waals surface area contributed by atoms with Crippen LogP contribution in [0, 0.1) is 0 Å². The number of hydrogen-bond donors (Lipinski definition) is 1. The largest absolute Gasteiger partial charge is 0.384 e. The van der Waals surface area contributed by atoms with E-state index in [0.29, 0.717) is 25.5 Å². The van der Waals surface area contributed by atoms with Crippen molar-refractivity contribution in [2.24, 2.45) is 0 Å². The summed E-state index contributed by atoms with van der Waals surface area (Å²) in [5.74, 6) is 2.94. The Hall–Kier alpha value is -5.69. The van der Waals surface area contributed by atoms with E-state index in [1.165, 1.54) is 0 Å². The minimum absolute atomic E-state index is 0.176. The van der Waals surface area contributed by atoms with Gasteiger partial charge in [-0.15, -0.1) is 0 Å². The number of aromatic nitrogens is 9. The molecule has 0 unspecified atom stereocenters. The number of rotatable bonds is 5. The number of fused-ring (bicyclic) bond motifs is 3. The lowest BCUT2D eigenvalue weighted by Gasteiger charge is -2.26. The van der Waals surface area contributed by atoms with E-state index in [-0.39, 0.29) is 5.78 Å². The summed E-state index contributed by atoms with van der Waals surface area (Å²) in [5, 5.41) is 0. The smallest absolute Gasteiger partial charge is 0.225 e. The molecule has 10 rings (SSSR count). The summed E-state index contributed by atoms with van der Waals surface area (Å²) in [7, 11) is 0. The summed E-state index contributed by atoms with van der Waals surface area (Å²) < 4.78 is 18.7. The lowest BCUT2D eigenvalue weighted by molar-refractivity contribution is 0.0966. The van der Waals surface area contributed by atoms with Crippen molar-refractivity contribution in [1.29, 1.82) is 0 Å². The van der Waals surface area contributed by atoms with Gasteiger partial charge in [0.05, 0.1) is 49.8 Å². The summed E-state index contributed by atoms with van der Waals surface area (Å²) in [6.45, 7) is 9.46. The van der Waals surface area contributed by atoms with Gasteiger partial charge in [0.1, 0.15) is 17.2 Å². The Bertz CT molecular complexity index is 2260. The molecule has 0 spiro atoms. The second kappa shape index (κ2) is 18.7. The number of nitrogens with two attached hydrogens (primary N) is 1. The lowest BCUT2D eigenvalue weighted by atomic mass is 10.00. The van der Waals surface area contributed by atoms with E-state index in [0.717, 1.165) is 140 Å². The fourth-order valence-corrected chi connectivity index (χ4v) is 7.08. The number of nitrogens with zero attached hydrogens (tertiary/aromatic N) is 12. The standard InChI is InChI=1S/C19H19N5O2.C13H15N5O.C8H10BrN3O/c25-16-3-1-2-15-18(16)24-12-13(4-5-17(24)22-15)14-10-20-19(21-11-14)23-6-8-26-9-7-23;14-12-2-1-10(7-15-12)11-8-16-13(17-9-11)18-3-5-19-6-4-18;9-7-5-10-8(11-6-7)12-1-3-13-4-2-12/h4-5,10-12H,1-3,6-9H2;1-2,7-9H,3-6H2,(H2,14,15);5-6H,1-4H2. The zero-order chi connectivity index (χ0) is 39.7. The van der Waals surface area contributed by atoms with Crippen LogP contribution in [0.4, 0.5) is 23.7 Å². The molecule has 6 aromatic rings. The van der Waals surface area contributed by atoms with Crippen molar-refractivity contribution in [3.05, 3.63) is 89.7 Å². The number of anilines is 4. The first-order valence-corrected chi connectivity index (χ1v) is 20.1. The molecule has 0 saturated carbocycles. The SMILES string of the molecule is Brc1cnc(N2CCOCC2)nc1.Nc1ccc(-c2cnc(N3CCOCC3)nc2)cn1.O=C1CCCc2nc3ccc(-c4cnc(N5CCOCC5)nc4)cn3c21. The average Bonchev–Trinajstić information content (AvgIpc) is 3.68. The van der Waals surface area contributed by atoms with Crippen LogP contribution >= 0.6 is 15.9 Å². The van der Waals surface area contributed by atoms with Gasteiger partial charge in [0.25, 0.3) is 0 Å². The second-order valence-corrected chi connectivity index (χ2v) is 14.8. The van der Waals surface area contributed by atoms with Gasteiger partial charge in [0.2, 0.25) is 17.8 Å². The summed E-state index contributed by atoms with van der Waals surface area (Å²) in [6, 6.07) is 7.64. The van der Waals surface area contributed by atoms with Crippen LogP contribution < -0.4 is 20.4 Å². The number of carbonyl (C=O) groups excluding carboxylic acids is 1. The monoisotopic (exact) mass is 849 g/mol. The number of aryl methyl sites for hydroxylation is 1. The van der Waals surface area contributed by atoms with Crippen LogP contribution in [0.3, 0.4) is 0 Å². The van der Waals surface area contributed by atoms with Gasteiger partial charge in [-0.1, -0.05) is 0 Å². The van der Waals surface area contributed by atoms with Crippen molar-refractivity contribution in [3.8, 4) is 22.3 Å². The van der Waals surface area contributed by atoms with E-state index < -0.39 is 0 Å². The van der Waals surface area contributed by atoms with E-state index in [2.05, 4.69) is 70.5 Å². The minimum Gasteiger partial charge on any atom is -0.384 e. The molecule has 3 saturated heterocycles. The van der Waals surface area contributed by atoms with E-state index in [9.17, 15) is 4.79 Å². The van der Waals surface area contributed by atoms with Crippen LogP contribution in [0.5, 0.6) is 0 Å². The number of carbonyl (C=O) groups is 1. The van der Waals surface area contributed by atoms with Gasteiger partial charge in [0, 0.05) is 118 Å². The first-order valence-electron chi connectivity index (χ1n) is 19.3. The maximum absolute atomic E-state index is 12.3. The zero-order valence-corrected chi connectivity index (χ0v) is 33.6. The van der Waals surface area contributed by atoms with E-state index >= 15 is 0 Å². The fourth-order valence-electron chi connectivity index (χ4n) is 6.87.